The van der Waals surface area contributed by atoms with Gasteiger partial charge in [-0.1, -0.05) is 11.6 Å². The van der Waals surface area contributed by atoms with Crippen molar-refractivity contribution < 1.29 is 0 Å². The lowest BCUT2D eigenvalue weighted by molar-refractivity contribution is 0.994. The van der Waals surface area contributed by atoms with Crippen LogP contribution in [0.5, 0.6) is 0 Å². The average molecular weight is 185 g/mol. The number of halogens is 1. The third kappa shape index (κ3) is 1.92. The molecule has 0 radical (unpaired) electrons. The van der Waals surface area contributed by atoms with Crippen LogP contribution < -0.4 is 4.90 Å². The topological polar surface area (TPSA) is 52.9 Å². The van der Waals surface area contributed by atoms with Crippen molar-refractivity contribution >= 4 is 23.3 Å². The van der Waals surface area contributed by atoms with Crippen molar-refractivity contribution in [2.24, 2.45) is 0 Å². The molecule has 0 atom stereocenters. The zero-order valence-corrected chi connectivity index (χ0v) is 7.63. The maximum atomic E-state index is 7.32. The second kappa shape index (κ2) is 3.49. The Labute approximate surface area is 75.7 Å². The van der Waals surface area contributed by atoms with Crippen LogP contribution >= 0.6 is 11.6 Å². The van der Waals surface area contributed by atoms with E-state index in [0.717, 1.165) is 0 Å². The van der Waals surface area contributed by atoms with E-state index in [4.69, 9.17) is 17.0 Å². The third-order valence-electron chi connectivity index (χ3n) is 1.46. The molecule has 1 aromatic heterocycles. The zero-order valence-electron chi connectivity index (χ0n) is 6.87. The number of nitrogens with one attached hydrogen (secondary N) is 1. The summed E-state index contributed by atoms with van der Waals surface area (Å²) in [5.74, 6) is 1.03. The summed E-state index contributed by atoms with van der Waals surface area (Å²) in [5.41, 5.74) is 0. The maximum absolute atomic E-state index is 7.32. The predicted molar refractivity (Wildman–Crippen MR) is 48.8 cm³/mol. The largest absolute Gasteiger partial charge is 0.317 e. The van der Waals surface area contributed by atoms with E-state index >= 15 is 0 Å². The smallest absolute Gasteiger partial charge is 0.156 e. The second-order valence-electron chi connectivity index (χ2n) is 2.36. The molecule has 0 aliphatic carbocycles. The molecule has 1 rings (SSSR count). The van der Waals surface area contributed by atoms with Crippen molar-refractivity contribution in [3.05, 3.63) is 17.3 Å². The molecule has 0 fully saturated rings. The molecule has 0 aromatic carbocycles. The number of hydrogen-bond acceptors (Lipinski definition) is 3. The lowest BCUT2D eigenvalue weighted by Gasteiger charge is -2.14. The standard InChI is InChI=1S/C7H9ClN4/c1-5(9)12(2)7-4-3-6(8)10-11-7/h3-4,9H,1-2H3. The Morgan fingerprint density at radius 1 is 1.50 bits per heavy atom. The van der Waals surface area contributed by atoms with E-state index in [9.17, 15) is 0 Å². The molecule has 0 aliphatic heterocycles. The molecule has 1 N–H and O–H groups in total. The van der Waals surface area contributed by atoms with Crippen molar-refractivity contribution in [1.29, 1.82) is 5.41 Å². The zero-order chi connectivity index (χ0) is 9.14. The number of rotatable bonds is 1. The third-order valence-corrected chi connectivity index (χ3v) is 1.67. The molecular formula is C7H9ClN4. The van der Waals surface area contributed by atoms with Crippen LogP contribution in [-0.4, -0.2) is 23.1 Å². The maximum Gasteiger partial charge on any atom is 0.156 e. The molecule has 64 valence electrons. The highest BCUT2D eigenvalue weighted by Crippen LogP contribution is 2.09. The fourth-order valence-electron chi connectivity index (χ4n) is 0.660. The van der Waals surface area contributed by atoms with Crippen molar-refractivity contribution in [3.8, 4) is 0 Å². The molecule has 0 spiro atoms. The minimum atomic E-state index is 0.356. The van der Waals surface area contributed by atoms with E-state index in [1.165, 1.54) is 0 Å². The molecule has 0 bridgehead atoms. The van der Waals surface area contributed by atoms with Crippen LogP contribution in [0.2, 0.25) is 5.15 Å². The van der Waals surface area contributed by atoms with E-state index in [0.29, 0.717) is 16.8 Å². The molecule has 0 saturated heterocycles. The fraction of sp³-hybridized carbons (Fsp3) is 0.286. The summed E-state index contributed by atoms with van der Waals surface area (Å²) in [4.78, 5) is 1.61. The lowest BCUT2D eigenvalue weighted by Crippen LogP contribution is -2.23. The monoisotopic (exact) mass is 184 g/mol. The highest BCUT2D eigenvalue weighted by atomic mass is 35.5. The second-order valence-corrected chi connectivity index (χ2v) is 2.75. The summed E-state index contributed by atoms with van der Waals surface area (Å²) in [6, 6.07) is 3.36. The Kier molecular flexibility index (Phi) is 2.60. The summed E-state index contributed by atoms with van der Waals surface area (Å²) in [6.07, 6.45) is 0. The predicted octanol–water partition coefficient (Wildman–Crippen LogP) is 1.56. The van der Waals surface area contributed by atoms with Gasteiger partial charge in [-0.25, -0.2) is 0 Å². The van der Waals surface area contributed by atoms with Crippen LogP contribution in [0.4, 0.5) is 5.82 Å². The number of anilines is 1. The summed E-state index contributed by atoms with van der Waals surface area (Å²) < 4.78 is 0. The van der Waals surface area contributed by atoms with Gasteiger partial charge < -0.3 is 4.90 Å². The first-order valence-corrected chi connectivity index (χ1v) is 3.77. The first-order chi connectivity index (χ1) is 5.61. The summed E-state index contributed by atoms with van der Waals surface area (Å²) >= 11 is 5.55. The molecular weight excluding hydrogens is 176 g/mol. The lowest BCUT2D eigenvalue weighted by atomic mass is 10.4. The molecule has 0 saturated carbocycles. The highest BCUT2D eigenvalue weighted by Gasteiger charge is 2.03. The number of aromatic nitrogens is 2. The molecule has 4 nitrogen and oxygen atoms in total. The normalized spacial score (nSPS) is 9.58. The van der Waals surface area contributed by atoms with Crippen LogP contribution in [0.1, 0.15) is 6.92 Å². The summed E-state index contributed by atoms with van der Waals surface area (Å²) in [6.45, 7) is 1.68. The van der Waals surface area contributed by atoms with Gasteiger partial charge in [-0.15, -0.1) is 10.2 Å². The van der Waals surface area contributed by atoms with Crippen molar-refractivity contribution in [2.45, 2.75) is 6.92 Å². The molecule has 12 heavy (non-hydrogen) atoms. The van der Waals surface area contributed by atoms with Crippen LogP contribution in [0.25, 0.3) is 0 Å². The molecule has 1 heterocycles. The summed E-state index contributed by atoms with van der Waals surface area (Å²) in [7, 11) is 1.75. The van der Waals surface area contributed by atoms with Crippen molar-refractivity contribution in [1.82, 2.24) is 10.2 Å². The van der Waals surface area contributed by atoms with Crippen LogP contribution in [-0.2, 0) is 0 Å². The van der Waals surface area contributed by atoms with Gasteiger partial charge in [0, 0.05) is 7.05 Å². The Morgan fingerprint density at radius 2 is 2.17 bits per heavy atom. The van der Waals surface area contributed by atoms with Crippen molar-refractivity contribution in [3.63, 3.8) is 0 Å². The molecule has 0 aliphatic rings. The Bertz CT molecular complexity index is 282. The van der Waals surface area contributed by atoms with Crippen LogP contribution in [0.3, 0.4) is 0 Å². The molecule has 0 unspecified atom stereocenters. The Hall–Kier alpha value is -1.16. The summed E-state index contributed by atoms with van der Waals surface area (Å²) in [5, 5.41) is 15.1. The van der Waals surface area contributed by atoms with Gasteiger partial charge in [0.25, 0.3) is 0 Å². The van der Waals surface area contributed by atoms with Gasteiger partial charge >= 0.3 is 0 Å². The van der Waals surface area contributed by atoms with Crippen LogP contribution in [0.15, 0.2) is 12.1 Å². The highest BCUT2D eigenvalue weighted by molar-refractivity contribution is 6.29. The minimum Gasteiger partial charge on any atom is -0.317 e. The average Bonchev–Trinajstić information content (AvgIpc) is 2.04. The van der Waals surface area contributed by atoms with Crippen LogP contribution in [0, 0.1) is 5.41 Å². The first-order valence-electron chi connectivity index (χ1n) is 3.39. The molecule has 5 heteroatoms. The Morgan fingerprint density at radius 3 is 2.58 bits per heavy atom. The van der Waals surface area contributed by atoms with Gasteiger partial charge in [0.05, 0.1) is 5.84 Å². The first kappa shape index (κ1) is 8.93. The van der Waals surface area contributed by atoms with Gasteiger partial charge in [-0.2, -0.15) is 0 Å². The molecule has 1 aromatic rings. The van der Waals surface area contributed by atoms with Gasteiger partial charge in [-0.3, -0.25) is 5.41 Å². The van der Waals surface area contributed by atoms with Crippen molar-refractivity contribution in [2.75, 3.05) is 11.9 Å². The van der Waals surface area contributed by atoms with Gasteiger partial charge in [0.1, 0.15) is 0 Å². The van der Waals surface area contributed by atoms with E-state index in [1.807, 2.05) is 0 Å². The SMILES string of the molecule is CC(=N)N(C)c1ccc(Cl)nn1. The number of hydrogen-bond donors (Lipinski definition) is 1. The van der Waals surface area contributed by atoms with E-state index < -0.39 is 0 Å². The Balaban J connectivity index is 2.89. The van der Waals surface area contributed by atoms with Gasteiger partial charge in [0.2, 0.25) is 0 Å². The molecule has 0 amide bonds. The van der Waals surface area contributed by atoms with E-state index in [1.54, 1.807) is 31.0 Å². The number of amidine groups is 1. The fourth-order valence-corrected chi connectivity index (χ4v) is 0.760. The van der Waals surface area contributed by atoms with E-state index in [-0.39, 0.29) is 0 Å². The van der Waals surface area contributed by atoms with Gasteiger partial charge in [-0.05, 0) is 19.1 Å². The quantitative estimate of drug-likeness (QED) is 0.533. The van der Waals surface area contributed by atoms with E-state index in [2.05, 4.69) is 10.2 Å². The van der Waals surface area contributed by atoms with Gasteiger partial charge in [0.15, 0.2) is 11.0 Å². The minimum absolute atomic E-state index is 0.356. The number of nitrogens with zero attached hydrogens (tertiary/aromatic N) is 3.